The van der Waals surface area contributed by atoms with Crippen LogP contribution in [0.3, 0.4) is 0 Å². The van der Waals surface area contributed by atoms with Crippen molar-refractivity contribution in [2.75, 3.05) is 0 Å². The summed E-state index contributed by atoms with van der Waals surface area (Å²) in [4.78, 5) is 0. The molecule has 0 heterocycles. The molecule has 0 aliphatic heterocycles. The third kappa shape index (κ3) is 4.17. The van der Waals surface area contributed by atoms with Gasteiger partial charge in [-0.1, -0.05) is 170 Å². The van der Waals surface area contributed by atoms with Crippen LogP contribution in [0.25, 0.3) is 76.8 Å². The molecule has 8 aromatic rings. The van der Waals surface area contributed by atoms with E-state index in [4.69, 9.17) is 0 Å². The van der Waals surface area contributed by atoms with Gasteiger partial charge in [-0.05, 0) is 76.8 Å². The van der Waals surface area contributed by atoms with E-state index in [1.807, 2.05) is 0 Å². The number of fused-ring (bicyclic) bond motifs is 3. The summed E-state index contributed by atoms with van der Waals surface area (Å²) >= 11 is 0. The molecule has 0 fully saturated rings. The fraction of sp³-hybridized carbons (Fsp3) is 0. The SMILES string of the molecule is c1ccc2c(-c3ccc(-c4ccc(-c5ccc(-c6cccc7ccccc67)cc5)c5ccccc45)cc3)cccc2c1. The first-order valence-electron chi connectivity index (χ1n) is 14.5. The van der Waals surface area contributed by atoms with Gasteiger partial charge in [0.05, 0.1) is 0 Å². The van der Waals surface area contributed by atoms with E-state index in [1.54, 1.807) is 0 Å². The minimum absolute atomic E-state index is 1.23. The van der Waals surface area contributed by atoms with E-state index in [1.165, 1.54) is 76.8 Å². The van der Waals surface area contributed by atoms with Crippen LogP contribution in [0.2, 0.25) is 0 Å². The summed E-state index contributed by atoms with van der Waals surface area (Å²) in [6, 6.07) is 61.7. The summed E-state index contributed by atoms with van der Waals surface area (Å²) in [5.41, 5.74) is 9.99. The van der Waals surface area contributed by atoms with Crippen LogP contribution in [0, 0.1) is 0 Å². The Morgan fingerprint density at radius 2 is 0.476 bits per heavy atom. The van der Waals surface area contributed by atoms with Crippen LogP contribution in [0.15, 0.2) is 170 Å². The Hall–Kier alpha value is -5.46. The third-order valence-corrected chi connectivity index (χ3v) is 8.52. The van der Waals surface area contributed by atoms with Gasteiger partial charge < -0.3 is 0 Å². The van der Waals surface area contributed by atoms with Gasteiger partial charge in [0.15, 0.2) is 0 Å². The predicted octanol–water partition coefficient (Wildman–Crippen LogP) is 11.8. The van der Waals surface area contributed by atoms with E-state index >= 15 is 0 Å². The van der Waals surface area contributed by atoms with Crippen LogP contribution in [-0.4, -0.2) is 0 Å². The molecule has 0 aliphatic rings. The standard InChI is InChI=1S/C42H28/c1-3-13-35-29(9-1)11-7-17-37(35)31-19-23-33(24-20-31)39-27-28-40(42-16-6-5-15-41(39)42)34-25-21-32(22-26-34)38-18-8-12-30-10-2-4-14-36(30)38/h1-28H. The van der Waals surface area contributed by atoms with Gasteiger partial charge in [-0.2, -0.15) is 0 Å². The summed E-state index contributed by atoms with van der Waals surface area (Å²) in [6.07, 6.45) is 0. The maximum absolute atomic E-state index is 2.28. The monoisotopic (exact) mass is 532 g/mol. The molecule has 0 aliphatic carbocycles. The normalized spacial score (nSPS) is 11.3. The van der Waals surface area contributed by atoms with Crippen molar-refractivity contribution in [1.82, 2.24) is 0 Å². The average molecular weight is 533 g/mol. The lowest BCUT2D eigenvalue weighted by atomic mass is 9.90. The summed E-state index contributed by atoms with van der Waals surface area (Å²) in [5, 5.41) is 7.65. The van der Waals surface area contributed by atoms with E-state index in [9.17, 15) is 0 Å². The lowest BCUT2D eigenvalue weighted by Crippen LogP contribution is -1.87. The third-order valence-electron chi connectivity index (χ3n) is 8.52. The second kappa shape index (κ2) is 10.2. The van der Waals surface area contributed by atoms with Gasteiger partial charge in [0.25, 0.3) is 0 Å². The van der Waals surface area contributed by atoms with Crippen molar-refractivity contribution >= 4 is 32.3 Å². The molecule has 8 rings (SSSR count). The number of rotatable bonds is 4. The summed E-state index contributed by atoms with van der Waals surface area (Å²) in [5.74, 6) is 0. The summed E-state index contributed by atoms with van der Waals surface area (Å²) in [6.45, 7) is 0. The molecule has 0 radical (unpaired) electrons. The van der Waals surface area contributed by atoms with Gasteiger partial charge in [-0.25, -0.2) is 0 Å². The molecule has 0 N–H and O–H groups in total. The molecule has 8 aromatic carbocycles. The molecule has 0 unspecified atom stereocenters. The van der Waals surface area contributed by atoms with Crippen LogP contribution in [0.5, 0.6) is 0 Å². The lowest BCUT2D eigenvalue weighted by Gasteiger charge is -2.14. The highest BCUT2D eigenvalue weighted by molar-refractivity contribution is 6.05. The van der Waals surface area contributed by atoms with E-state index < -0.39 is 0 Å². The topological polar surface area (TPSA) is 0 Å². The first-order chi connectivity index (χ1) is 20.8. The highest BCUT2D eigenvalue weighted by atomic mass is 14.2. The Kier molecular flexibility index (Phi) is 5.90. The minimum atomic E-state index is 1.23. The smallest absolute Gasteiger partial charge is 0.00992 e. The van der Waals surface area contributed by atoms with E-state index in [0.717, 1.165) is 0 Å². The highest BCUT2D eigenvalue weighted by Crippen LogP contribution is 2.38. The largest absolute Gasteiger partial charge is 0.0616 e. The zero-order valence-corrected chi connectivity index (χ0v) is 23.2. The average Bonchev–Trinajstić information content (AvgIpc) is 3.07. The van der Waals surface area contributed by atoms with Crippen molar-refractivity contribution in [2.45, 2.75) is 0 Å². The van der Waals surface area contributed by atoms with Crippen LogP contribution < -0.4 is 0 Å². The van der Waals surface area contributed by atoms with Gasteiger partial charge >= 0.3 is 0 Å². The molecule has 0 heteroatoms. The van der Waals surface area contributed by atoms with Crippen LogP contribution in [0.1, 0.15) is 0 Å². The quantitative estimate of drug-likeness (QED) is 0.211. The molecular formula is C42H28. The molecule has 0 nitrogen and oxygen atoms in total. The van der Waals surface area contributed by atoms with E-state index in [2.05, 4.69) is 170 Å². The Morgan fingerprint density at radius 1 is 0.190 bits per heavy atom. The van der Waals surface area contributed by atoms with Crippen molar-refractivity contribution in [1.29, 1.82) is 0 Å². The predicted molar refractivity (Wildman–Crippen MR) is 181 cm³/mol. The van der Waals surface area contributed by atoms with Crippen LogP contribution in [-0.2, 0) is 0 Å². The van der Waals surface area contributed by atoms with Gasteiger partial charge in [-0.15, -0.1) is 0 Å². The Labute approximate surface area is 246 Å². The number of hydrogen-bond donors (Lipinski definition) is 0. The van der Waals surface area contributed by atoms with Crippen molar-refractivity contribution < 1.29 is 0 Å². The van der Waals surface area contributed by atoms with Gasteiger partial charge in [0, 0.05) is 0 Å². The molecule has 0 saturated heterocycles. The van der Waals surface area contributed by atoms with Crippen molar-refractivity contribution in [3.05, 3.63) is 170 Å². The van der Waals surface area contributed by atoms with Gasteiger partial charge in [-0.3, -0.25) is 0 Å². The molecule has 0 amide bonds. The van der Waals surface area contributed by atoms with Gasteiger partial charge in [0.1, 0.15) is 0 Å². The maximum Gasteiger partial charge on any atom is -0.00992 e. The second-order valence-electron chi connectivity index (χ2n) is 10.9. The maximum atomic E-state index is 2.28. The van der Waals surface area contributed by atoms with Crippen molar-refractivity contribution in [2.24, 2.45) is 0 Å². The Bertz CT molecular complexity index is 2050. The first kappa shape index (κ1) is 24.3. The number of hydrogen-bond acceptors (Lipinski definition) is 0. The molecule has 0 bridgehead atoms. The van der Waals surface area contributed by atoms with Crippen molar-refractivity contribution in [3.63, 3.8) is 0 Å². The first-order valence-corrected chi connectivity index (χ1v) is 14.5. The second-order valence-corrected chi connectivity index (χ2v) is 10.9. The van der Waals surface area contributed by atoms with Crippen molar-refractivity contribution in [3.8, 4) is 44.5 Å². The minimum Gasteiger partial charge on any atom is -0.0616 e. The zero-order valence-electron chi connectivity index (χ0n) is 23.2. The van der Waals surface area contributed by atoms with Crippen LogP contribution in [0.4, 0.5) is 0 Å². The molecule has 196 valence electrons. The summed E-state index contributed by atoms with van der Waals surface area (Å²) in [7, 11) is 0. The Morgan fingerprint density at radius 3 is 0.857 bits per heavy atom. The fourth-order valence-corrected chi connectivity index (χ4v) is 6.42. The zero-order chi connectivity index (χ0) is 27.9. The molecule has 0 saturated carbocycles. The van der Waals surface area contributed by atoms with Gasteiger partial charge in [0.2, 0.25) is 0 Å². The summed E-state index contributed by atoms with van der Waals surface area (Å²) < 4.78 is 0. The molecule has 0 atom stereocenters. The Balaban J connectivity index is 1.17. The number of benzene rings is 8. The van der Waals surface area contributed by atoms with E-state index in [-0.39, 0.29) is 0 Å². The molecular weight excluding hydrogens is 504 g/mol. The molecule has 0 aromatic heterocycles. The van der Waals surface area contributed by atoms with E-state index in [0.29, 0.717) is 0 Å². The highest BCUT2D eigenvalue weighted by Gasteiger charge is 2.11. The molecule has 42 heavy (non-hydrogen) atoms. The van der Waals surface area contributed by atoms with Crippen LogP contribution >= 0.6 is 0 Å². The lowest BCUT2D eigenvalue weighted by molar-refractivity contribution is 1.60. The molecule has 0 spiro atoms. The fourth-order valence-electron chi connectivity index (χ4n) is 6.42.